The van der Waals surface area contributed by atoms with Gasteiger partial charge in [0, 0.05) is 18.5 Å². The van der Waals surface area contributed by atoms with Gasteiger partial charge in [0.1, 0.15) is 5.56 Å². The molecule has 1 aromatic carbocycles. The van der Waals surface area contributed by atoms with E-state index in [1.54, 1.807) is 19.1 Å². The summed E-state index contributed by atoms with van der Waals surface area (Å²) in [6.07, 6.45) is 0.465. The first-order chi connectivity index (χ1) is 9.82. The van der Waals surface area contributed by atoms with E-state index in [0.29, 0.717) is 12.0 Å². The smallest absolute Gasteiger partial charge is 0.303 e. The minimum Gasteiger partial charge on any atom is -0.481 e. The summed E-state index contributed by atoms with van der Waals surface area (Å²) in [7, 11) is 0. The Morgan fingerprint density at radius 1 is 1.43 bits per heavy atom. The van der Waals surface area contributed by atoms with Crippen LogP contribution in [0.1, 0.15) is 35.7 Å². The van der Waals surface area contributed by atoms with Crippen molar-refractivity contribution in [2.24, 2.45) is 5.92 Å². The molecule has 0 aliphatic rings. The van der Waals surface area contributed by atoms with Crippen molar-refractivity contribution in [2.45, 2.75) is 26.7 Å². The molecule has 1 rings (SSSR count). The zero-order valence-electron chi connectivity index (χ0n) is 12.0. The van der Waals surface area contributed by atoms with E-state index < -0.39 is 16.8 Å². The molecule has 0 spiro atoms. The minimum atomic E-state index is -0.887. The fourth-order valence-corrected chi connectivity index (χ4v) is 1.92. The van der Waals surface area contributed by atoms with Crippen LogP contribution in [0.25, 0.3) is 0 Å². The highest BCUT2D eigenvalue weighted by atomic mass is 16.6. The number of carboxylic acids is 1. The number of nitrogens with zero attached hydrogens (tertiary/aromatic N) is 1. The van der Waals surface area contributed by atoms with E-state index >= 15 is 0 Å². The molecule has 1 amide bonds. The third kappa shape index (κ3) is 4.87. The molecule has 0 saturated heterocycles. The largest absolute Gasteiger partial charge is 0.481 e. The molecule has 0 radical (unpaired) electrons. The topological polar surface area (TPSA) is 110 Å². The number of nitro benzene ring substituents is 1. The van der Waals surface area contributed by atoms with Gasteiger partial charge in [0.05, 0.1) is 4.92 Å². The van der Waals surface area contributed by atoms with Crippen LogP contribution in [-0.2, 0) is 4.79 Å². The molecule has 1 unspecified atom stereocenters. The lowest BCUT2D eigenvalue weighted by molar-refractivity contribution is -0.385. The summed E-state index contributed by atoms with van der Waals surface area (Å²) in [5, 5.41) is 22.2. The van der Waals surface area contributed by atoms with Gasteiger partial charge < -0.3 is 10.4 Å². The molecule has 114 valence electrons. The van der Waals surface area contributed by atoms with Crippen molar-refractivity contribution in [3.05, 3.63) is 39.4 Å². The summed E-state index contributed by atoms with van der Waals surface area (Å²) in [6, 6.07) is 4.57. The Balaban J connectivity index is 2.70. The second-order valence-electron chi connectivity index (χ2n) is 4.98. The number of aryl methyl sites for hydroxylation is 1. The number of rotatable bonds is 7. The summed E-state index contributed by atoms with van der Waals surface area (Å²) in [6.45, 7) is 3.66. The maximum absolute atomic E-state index is 12.0. The predicted molar refractivity (Wildman–Crippen MR) is 76.2 cm³/mol. The second-order valence-corrected chi connectivity index (χ2v) is 4.98. The molecule has 7 heteroatoms. The van der Waals surface area contributed by atoms with Crippen molar-refractivity contribution in [1.29, 1.82) is 0 Å². The molecule has 2 N–H and O–H groups in total. The summed E-state index contributed by atoms with van der Waals surface area (Å²) in [4.78, 5) is 32.9. The number of carbonyl (C=O) groups is 2. The molecule has 21 heavy (non-hydrogen) atoms. The molecule has 7 nitrogen and oxygen atoms in total. The van der Waals surface area contributed by atoms with Crippen molar-refractivity contribution in [1.82, 2.24) is 5.32 Å². The number of nitro groups is 1. The van der Waals surface area contributed by atoms with E-state index in [-0.39, 0.29) is 30.1 Å². The number of hydrogen-bond acceptors (Lipinski definition) is 4. The van der Waals surface area contributed by atoms with Crippen LogP contribution in [-0.4, -0.2) is 28.5 Å². The third-order valence-corrected chi connectivity index (χ3v) is 3.13. The van der Waals surface area contributed by atoms with Crippen molar-refractivity contribution in [3.8, 4) is 0 Å². The predicted octanol–water partition coefficient (Wildman–Crippen LogP) is 2.13. The van der Waals surface area contributed by atoms with Gasteiger partial charge in [0.15, 0.2) is 0 Å². The number of amides is 1. The van der Waals surface area contributed by atoms with Crippen molar-refractivity contribution in [2.75, 3.05) is 6.54 Å². The van der Waals surface area contributed by atoms with E-state index in [1.165, 1.54) is 6.07 Å². The number of aliphatic carboxylic acids is 1. The summed E-state index contributed by atoms with van der Waals surface area (Å²) >= 11 is 0. The third-order valence-electron chi connectivity index (χ3n) is 3.13. The molecular weight excluding hydrogens is 276 g/mol. The van der Waals surface area contributed by atoms with Crippen molar-refractivity contribution < 1.29 is 19.6 Å². The van der Waals surface area contributed by atoms with E-state index in [0.717, 1.165) is 0 Å². The van der Waals surface area contributed by atoms with Gasteiger partial charge in [-0.3, -0.25) is 19.7 Å². The number of carboxylic acid groups (broad SMARTS) is 1. The number of benzene rings is 1. The molecule has 0 aromatic heterocycles. The SMILES string of the molecule is Cc1cccc(C(=O)NCC(C)CCC(=O)O)c1[N+](=O)[O-]. The standard InChI is InChI=1S/C14H18N2O5/c1-9(6-7-12(17)18)8-15-14(19)11-5-3-4-10(2)13(11)16(20)21/h3-5,9H,6-8H2,1-2H3,(H,15,19)(H,17,18). The maximum atomic E-state index is 12.0. The quantitative estimate of drug-likeness (QED) is 0.591. The van der Waals surface area contributed by atoms with Crippen LogP contribution < -0.4 is 5.32 Å². The van der Waals surface area contributed by atoms with Crippen LogP contribution in [0, 0.1) is 23.0 Å². The van der Waals surface area contributed by atoms with Crippen LogP contribution in [0.5, 0.6) is 0 Å². The van der Waals surface area contributed by atoms with Crippen LogP contribution in [0.3, 0.4) is 0 Å². The number of nitrogens with one attached hydrogen (secondary N) is 1. The van der Waals surface area contributed by atoms with Gasteiger partial charge in [0.2, 0.25) is 0 Å². The lowest BCUT2D eigenvalue weighted by atomic mass is 10.0. The fraction of sp³-hybridized carbons (Fsp3) is 0.429. The Kier molecular flexibility index (Phi) is 5.83. The molecule has 1 atom stereocenters. The van der Waals surface area contributed by atoms with Crippen molar-refractivity contribution >= 4 is 17.6 Å². The fourth-order valence-electron chi connectivity index (χ4n) is 1.92. The number of hydrogen-bond donors (Lipinski definition) is 2. The highest BCUT2D eigenvalue weighted by Crippen LogP contribution is 2.22. The van der Waals surface area contributed by atoms with Gasteiger partial charge in [-0.1, -0.05) is 19.1 Å². The first-order valence-corrected chi connectivity index (χ1v) is 6.57. The van der Waals surface area contributed by atoms with Gasteiger partial charge in [-0.2, -0.15) is 0 Å². The van der Waals surface area contributed by atoms with Gasteiger partial charge in [-0.05, 0) is 25.3 Å². The van der Waals surface area contributed by atoms with Gasteiger partial charge >= 0.3 is 5.97 Å². The Labute approximate surface area is 122 Å². The zero-order chi connectivity index (χ0) is 16.0. The Morgan fingerprint density at radius 3 is 2.67 bits per heavy atom. The number of para-hydroxylation sites is 1. The molecule has 0 saturated carbocycles. The number of carbonyl (C=O) groups excluding carboxylic acids is 1. The maximum Gasteiger partial charge on any atom is 0.303 e. The highest BCUT2D eigenvalue weighted by Gasteiger charge is 2.22. The normalized spacial score (nSPS) is 11.7. The zero-order valence-corrected chi connectivity index (χ0v) is 12.0. The molecule has 0 aliphatic carbocycles. The van der Waals surface area contributed by atoms with E-state index in [2.05, 4.69) is 5.32 Å². The molecule has 0 fully saturated rings. The van der Waals surface area contributed by atoms with Crippen LogP contribution in [0.15, 0.2) is 18.2 Å². The summed E-state index contributed by atoms with van der Waals surface area (Å²) in [5.74, 6) is -1.43. The average Bonchev–Trinajstić information content (AvgIpc) is 2.41. The Bertz CT molecular complexity index is 556. The average molecular weight is 294 g/mol. The second kappa shape index (κ2) is 7.37. The van der Waals surface area contributed by atoms with Crippen LogP contribution >= 0.6 is 0 Å². The van der Waals surface area contributed by atoms with E-state index in [4.69, 9.17) is 5.11 Å². The van der Waals surface area contributed by atoms with Crippen LogP contribution in [0.2, 0.25) is 0 Å². The molecular formula is C14H18N2O5. The lowest BCUT2D eigenvalue weighted by Crippen LogP contribution is -2.29. The van der Waals surface area contributed by atoms with Gasteiger partial charge in [-0.15, -0.1) is 0 Å². The molecule has 0 heterocycles. The Hall–Kier alpha value is -2.44. The monoisotopic (exact) mass is 294 g/mol. The van der Waals surface area contributed by atoms with Gasteiger partial charge in [0.25, 0.3) is 11.6 Å². The van der Waals surface area contributed by atoms with Crippen LogP contribution in [0.4, 0.5) is 5.69 Å². The van der Waals surface area contributed by atoms with Gasteiger partial charge in [-0.25, -0.2) is 0 Å². The summed E-state index contributed by atoms with van der Waals surface area (Å²) < 4.78 is 0. The highest BCUT2D eigenvalue weighted by molar-refractivity contribution is 5.98. The molecule has 0 bridgehead atoms. The van der Waals surface area contributed by atoms with Crippen molar-refractivity contribution in [3.63, 3.8) is 0 Å². The van der Waals surface area contributed by atoms with E-state index in [1.807, 2.05) is 6.92 Å². The molecule has 1 aromatic rings. The first kappa shape index (κ1) is 16.6. The first-order valence-electron chi connectivity index (χ1n) is 6.57. The minimum absolute atomic E-state index is 0.0189. The molecule has 0 aliphatic heterocycles. The summed E-state index contributed by atoms with van der Waals surface area (Å²) in [5.41, 5.74) is 0.241. The lowest BCUT2D eigenvalue weighted by Gasteiger charge is -2.12. The Morgan fingerprint density at radius 2 is 2.10 bits per heavy atom. The van der Waals surface area contributed by atoms with E-state index in [9.17, 15) is 19.7 Å².